The molecule has 1 atom stereocenters. The Bertz CT molecular complexity index is 320. The van der Waals surface area contributed by atoms with Gasteiger partial charge in [-0.2, -0.15) is 0 Å². The molecular formula is C15H33O5P. The summed E-state index contributed by atoms with van der Waals surface area (Å²) >= 11 is 0. The van der Waals surface area contributed by atoms with Gasteiger partial charge in [0.1, 0.15) is 0 Å². The molecule has 0 aromatic carbocycles. The van der Waals surface area contributed by atoms with Crippen LogP contribution in [0.15, 0.2) is 0 Å². The average Bonchev–Trinajstić information content (AvgIpc) is 2.38. The quantitative estimate of drug-likeness (QED) is 0.367. The van der Waals surface area contributed by atoms with E-state index in [0.29, 0.717) is 19.3 Å². The molecule has 1 unspecified atom stereocenters. The molecule has 3 N–H and O–H groups in total. The first-order valence-corrected chi connectivity index (χ1v) is 9.66. The zero-order valence-corrected chi connectivity index (χ0v) is 14.9. The Morgan fingerprint density at radius 1 is 0.905 bits per heavy atom. The summed E-state index contributed by atoms with van der Waals surface area (Å²) in [6.45, 7) is 8.00. The van der Waals surface area contributed by atoms with Crippen LogP contribution in [0.4, 0.5) is 0 Å². The van der Waals surface area contributed by atoms with Crippen LogP contribution in [0.3, 0.4) is 0 Å². The van der Waals surface area contributed by atoms with Crippen molar-refractivity contribution in [1.29, 1.82) is 0 Å². The van der Waals surface area contributed by atoms with Crippen molar-refractivity contribution < 1.29 is 24.0 Å². The van der Waals surface area contributed by atoms with Crippen molar-refractivity contribution in [2.75, 3.05) is 0 Å². The third kappa shape index (κ3) is 7.25. The lowest BCUT2D eigenvalue weighted by atomic mass is 9.71. The molecule has 0 aromatic heterocycles. The maximum Gasteiger partial charge on any atom is 0.472 e. The van der Waals surface area contributed by atoms with Crippen molar-refractivity contribution in [3.8, 4) is 0 Å². The molecule has 5 nitrogen and oxygen atoms in total. The Kier molecular flexibility index (Phi) is 9.29. The van der Waals surface area contributed by atoms with Gasteiger partial charge in [-0.3, -0.25) is 4.52 Å². The summed E-state index contributed by atoms with van der Waals surface area (Å²) in [6.07, 6.45) is 6.90. The van der Waals surface area contributed by atoms with Crippen LogP contribution in [0.25, 0.3) is 0 Å². The van der Waals surface area contributed by atoms with Gasteiger partial charge < -0.3 is 14.9 Å². The van der Waals surface area contributed by atoms with Gasteiger partial charge in [-0.15, -0.1) is 0 Å². The van der Waals surface area contributed by atoms with E-state index >= 15 is 0 Å². The van der Waals surface area contributed by atoms with Crippen LogP contribution in [-0.4, -0.2) is 20.7 Å². The highest BCUT2D eigenvalue weighted by Gasteiger charge is 2.50. The van der Waals surface area contributed by atoms with Gasteiger partial charge in [-0.05, 0) is 19.3 Å². The van der Waals surface area contributed by atoms with Crippen molar-refractivity contribution in [2.45, 2.75) is 91.3 Å². The molecule has 128 valence electrons. The van der Waals surface area contributed by atoms with Gasteiger partial charge in [0.15, 0.2) is 5.79 Å². The molecule has 0 rings (SSSR count). The van der Waals surface area contributed by atoms with Crippen molar-refractivity contribution >= 4 is 7.82 Å². The maximum atomic E-state index is 11.3. The Balaban J connectivity index is 5.36. The number of hydrogen-bond acceptors (Lipinski definition) is 3. The zero-order chi connectivity index (χ0) is 16.6. The molecule has 0 bridgehead atoms. The number of aliphatic hydroxyl groups is 1. The molecule has 0 radical (unpaired) electrons. The van der Waals surface area contributed by atoms with Crippen LogP contribution in [-0.2, 0) is 9.09 Å². The minimum Gasteiger partial charge on any atom is -0.365 e. The largest absolute Gasteiger partial charge is 0.472 e. The standard InChI is InChI=1S/C15H33O5P/c1-5-8-11-14(4,12-9-6-2)15(16,13-10-7-3)20-21(17,18)19/h16H,5-13H2,1-4H3,(H2,17,18,19). The van der Waals surface area contributed by atoms with E-state index in [1.165, 1.54) is 0 Å². The molecule has 0 fully saturated rings. The Morgan fingerprint density at radius 3 is 1.62 bits per heavy atom. The van der Waals surface area contributed by atoms with Crippen molar-refractivity contribution in [3.05, 3.63) is 0 Å². The monoisotopic (exact) mass is 324 g/mol. The van der Waals surface area contributed by atoms with Crippen LogP contribution in [0.5, 0.6) is 0 Å². The van der Waals surface area contributed by atoms with Crippen LogP contribution in [0.2, 0.25) is 0 Å². The fraction of sp³-hybridized carbons (Fsp3) is 1.00. The van der Waals surface area contributed by atoms with E-state index in [2.05, 4.69) is 13.8 Å². The fourth-order valence-corrected chi connectivity index (χ4v) is 3.43. The van der Waals surface area contributed by atoms with Gasteiger partial charge in [0.2, 0.25) is 0 Å². The number of unbranched alkanes of at least 4 members (excludes halogenated alkanes) is 3. The first-order chi connectivity index (χ1) is 9.64. The number of phosphoric acid groups is 1. The average molecular weight is 324 g/mol. The number of hydrogen-bond donors (Lipinski definition) is 3. The van der Waals surface area contributed by atoms with Crippen LogP contribution >= 0.6 is 7.82 Å². The Morgan fingerprint density at radius 2 is 1.29 bits per heavy atom. The van der Waals surface area contributed by atoms with Crippen molar-refractivity contribution in [1.82, 2.24) is 0 Å². The molecule has 0 aliphatic heterocycles. The van der Waals surface area contributed by atoms with E-state index in [0.717, 1.165) is 32.1 Å². The van der Waals surface area contributed by atoms with Gasteiger partial charge in [0.05, 0.1) is 0 Å². The lowest BCUT2D eigenvalue weighted by Gasteiger charge is -2.45. The summed E-state index contributed by atoms with van der Waals surface area (Å²) in [5.74, 6) is -1.77. The molecule has 0 aromatic rings. The smallest absolute Gasteiger partial charge is 0.365 e. The summed E-state index contributed by atoms with van der Waals surface area (Å²) in [6, 6.07) is 0. The summed E-state index contributed by atoms with van der Waals surface area (Å²) in [4.78, 5) is 18.4. The van der Waals surface area contributed by atoms with E-state index in [4.69, 9.17) is 4.52 Å². The van der Waals surface area contributed by atoms with Crippen LogP contribution in [0, 0.1) is 5.41 Å². The second kappa shape index (κ2) is 9.26. The maximum absolute atomic E-state index is 11.3. The summed E-state index contributed by atoms with van der Waals surface area (Å²) in [5, 5.41) is 10.9. The zero-order valence-electron chi connectivity index (χ0n) is 14.0. The topological polar surface area (TPSA) is 87.0 Å². The van der Waals surface area contributed by atoms with E-state index in [9.17, 15) is 19.5 Å². The molecule has 0 amide bonds. The summed E-state index contributed by atoms with van der Waals surface area (Å²) < 4.78 is 16.2. The Hall–Kier alpha value is 0.0700. The van der Waals surface area contributed by atoms with Crippen molar-refractivity contribution in [2.24, 2.45) is 5.41 Å². The van der Waals surface area contributed by atoms with Gasteiger partial charge in [-0.1, -0.05) is 59.8 Å². The highest BCUT2D eigenvalue weighted by molar-refractivity contribution is 7.46. The highest BCUT2D eigenvalue weighted by Crippen LogP contribution is 2.52. The lowest BCUT2D eigenvalue weighted by Crippen LogP contribution is -2.48. The second-order valence-corrected chi connectivity index (χ2v) is 7.40. The van der Waals surface area contributed by atoms with Gasteiger partial charge in [0, 0.05) is 11.8 Å². The third-order valence-electron chi connectivity index (χ3n) is 4.25. The molecule has 6 heteroatoms. The van der Waals surface area contributed by atoms with E-state index in [1.54, 1.807) is 0 Å². The summed E-state index contributed by atoms with van der Waals surface area (Å²) in [5.41, 5.74) is -0.644. The predicted octanol–water partition coefficient (Wildman–Crippen LogP) is 4.36. The first kappa shape index (κ1) is 21.1. The molecule has 0 saturated carbocycles. The number of phosphoric ester groups is 1. The molecular weight excluding hydrogens is 291 g/mol. The van der Waals surface area contributed by atoms with Gasteiger partial charge in [-0.25, -0.2) is 4.57 Å². The predicted molar refractivity (Wildman–Crippen MR) is 84.8 cm³/mol. The van der Waals surface area contributed by atoms with Gasteiger partial charge in [0.25, 0.3) is 0 Å². The third-order valence-corrected chi connectivity index (χ3v) is 4.79. The fourth-order valence-electron chi connectivity index (χ4n) is 2.72. The molecule has 0 heterocycles. The molecule has 0 saturated heterocycles. The SMILES string of the molecule is CCCCC(C)(CCCC)C(O)(CCCC)OP(=O)(O)O. The van der Waals surface area contributed by atoms with E-state index in [1.807, 2.05) is 13.8 Å². The molecule has 0 aliphatic carbocycles. The number of rotatable bonds is 12. The summed E-state index contributed by atoms with van der Waals surface area (Å²) in [7, 11) is -4.74. The molecule has 21 heavy (non-hydrogen) atoms. The first-order valence-electron chi connectivity index (χ1n) is 8.12. The minimum absolute atomic E-state index is 0.249. The van der Waals surface area contributed by atoms with E-state index < -0.39 is 19.0 Å². The van der Waals surface area contributed by atoms with Crippen LogP contribution < -0.4 is 0 Å². The van der Waals surface area contributed by atoms with E-state index in [-0.39, 0.29) is 6.42 Å². The van der Waals surface area contributed by atoms with Crippen molar-refractivity contribution in [3.63, 3.8) is 0 Å². The second-order valence-electron chi connectivity index (χ2n) is 6.24. The molecule has 0 aliphatic rings. The Labute approximate surface area is 129 Å². The molecule has 0 spiro atoms. The highest BCUT2D eigenvalue weighted by atomic mass is 31.2. The van der Waals surface area contributed by atoms with Gasteiger partial charge >= 0.3 is 7.82 Å². The lowest BCUT2D eigenvalue weighted by molar-refractivity contribution is -0.236. The van der Waals surface area contributed by atoms with Crippen LogP contribution in [0.1, 0.15) is 85.5 Å². The minimum atomic E-state index is -4.74. The normalized spacial score (nSPS) is 16.0.